The van der Waals surface area contributed by atoms with E-state index in [0.29, 0.717) is 5.75 Å². The predicted octanol–water partition coefficient (Wildman–Crippen LogP) is 4.28. The smallest absolute Gasteiger partial charge is 0.119 e. The third kappa shape index (κ3) is 4.85. The Morgan fingerprint density at radius 3 is 2.29 bits per heavy atom. The maximum Gasteiger partial charge on any atom is 0.119 e. The Morgan fingerprint density at radius 1 is 0.875 bits per heavy atom. The largest absolute Gasteiger partial charge is 0.491 e. The van der Waals surface area contributed by atoms with E-state index in [0.717, 1.165) is 16.3 Å². The molecule has 1 unspecified atom stereocenters. The van der Waals surface area contributed by atoms with Crippen LogP contribution in [0.2, 0.25) is 0 Å². The van der Waals surface area contributed by atoms with Crippen LogP contribution in [0.5, 0.6) is 5.75 Å². The second-order valence-electron chi connectivity index (χ2n) is 5.33. The fraction of sp³-hybridized carbons (Fsp3) is 0.150. The molecule has 3 nitrogen and oxygen atoms in total. The van der Waals surface area contributed by atoms with Crippen molar-refractivity contribution in [2.75, 3.05) is 12.4 Å². The van der Waals surface area contributed by atoms with E-state index < -0.39 is 6.10 Å². The van der Waals surface area contributed by atoms with Crippen molar-refractivity contribution in [1.82, 2.24) is 4.98 Å². The molecule has 4 heteroatoms. The molecule has 1 heterocycles. The molecule has 0 spiro atoms. The van der Waals surface area contributed by atoms with Crippen LogP contribution in [-0.4, -0.2) is 28.6 Å². The summed E-state index contributed by atoms with van der Waals surface area (Å²) in [6.07, 6.45) is 1.21. The van der Waals surface area contributed by atoms with Crippen LogP contribution in [-0.2, 0) is 0 Å². The van der Waals surface area contributed by atoms with Crippen molar-refractivity contribution < 1.29 is 9.84 Å². The zero-order valence-corrected chi connectivity index (χ0v) is 14.0. The first-order valence-corrected chi connectivity index (χ1v) is 8.80. The van der Waals surface area contributed by atoms with Crippen molar-refractivity contribution in [3.63, 3.8) is 0 Å². The van der Waals surface area contributed by atoms with Gasteiger partial charge in [-0.3, -0.25) is 0 Å². The minimum atomic E-state index is -0.536. The van der Waals surface area contributed by atoms with Gasteiger partial charge >= 0.3 is 0 Å². The molecule has 0 bridgehead atoms. The van der Waals surface area contributed by atoms with Gasteiger partial charge in [0.15, 0.2) is 0 Å². The molecule has 0 aliphatic heterocycles. The summed E-state index contributed by atoms with van der Waals surface area (Å²) < 4.78 is 5.66. The second-order valence-corrected chi connectivity index (χ2v) is 6.37. The number of hydrogen-bond donors (Lipinski definition) is 1. The van der Waals surface area contributed by atoms with Gasteiger partial charge in [-0.2, -0.15) is 0 Å². The van der Waals surface area contributed by atoms with E-state index in [1.807, 2.05) is 60.7 Å². The highest BCUT2D eigenvalue weighted by molar-refractivity contribution is 7.99. The molecule has 0 saturated heterocycles. The number of pyridine rings is 1. The Kier molecular flexibility index (Phi) is 5.88. The summed E-state index contributed by atoms with van der Waals surface area (Å²) in [4.78, 5) is 4.22. The van der Waals surface area contributed by atoms with Crippen LogP contribution < -0.4 is 4.74 Å². The molecule has 1 aromatic heterocycles. The van der Waals surface area contributed by atoms with Crippen molar-refractivity contribution in [3.05, 3.63) is 79.0 Å². The van der Waals surface area contributed by atoms with Crippen LogP contribution in [0.25, 0.3) is 11.1 Å². The summed E-state index contributed by atoms with van der Waals surface area (Å²) in [5.74, 6) is 1.32. The lowest BCUT2D eigenvalue weighted by molar-refractivity contribution is 0.126. The van der Waals surface area contributed by atoms with E-state index in [1.54, 1.807) is 6.20 Å². The highest BCUT2D eigenvalue weighted by Gasteiger charge is 2.07. The van der Waals surface area contributed by atoms with Crippen molar-refractivity contribution in [3.8, 4) is 16.9 Å². The minimum absolute atomic E-state index is 0.268. The van der Waals surface area contributed by atoms with Crippen LogP contribution in [0.4, 0.5) is 0 Å². The molecular weight excluding hydrogens is 318 g/mol. The van der Waals surface area contributed by atoms with Gasteiger partial charge in [-0.15, -0.1) is 11.8 Å². The number of rotatable bonds is 7. The average Bonchev–Trinajstić information content (AvgIpc) is 2.67. The predicted molar refractivity (Wildman–Crippen MR) is 98.3 cm³/mol. The first-order chi connectivity index (χ1) is 11.8. The fourth-order valence-electron chi connectivity index (χ4n) is 2.23. The van der Waals surface area contributed by atoms with Gasteiger partial charge in [0.1, 0.15) is 12.4 Å². The van der Waals surface area contributed by atoms with Gasteiger partial charge in [0.25, 0.3) is 0 Å². The second kappa shape index (κ2) is 8.52. The molecule has 0 aliphatic rings. The van der Waals surface area contributed by atoms with Crippen molar-refractivity contribution in [2.45, 2.75) is 11.1 Å². The first kappa shape index (κ1) is 16.6. The summed E-state index contributed by atoms with van der Waals surface area (Å²) in [5, 5.41) is 10.9. The van der Waals surface area contributed by atoms with E-state index >= 15 is 0 Å². The van der Waals surface area contributed by atoms with Crippen LogP contribution in [0, 0.1) is 0 Å². The highest BCUT2D eigenvalue weighted by Crippen LogP contribution is 2.22. The summed E-state index contributed by atoms with van der Waals surface area (Å²) in [6, 6.07) is 23.9. The van der Waals surface area contributed by atoms with E-state index in [-0.39, 0.29) is 6.61 Å². The molecular formula is C20H19NO2S. The van der Waals surface area contributed by atoms with Gasteiger partial charge in [-0.05, 0) is 35.4 Å². The summed E-state index contributed by atoms with van der Waals surface area (Å²) in [5.41, 5.74) is 2.32. The zero-order chi connectivity index (χ0) is 16.6. The first-order valence-electron chi connectivity index (χ1n) is 7.81. The summed E-state index contributed by atoms with van der Waals surface area (Å²) >= 11 is 1.52. The van der Waals surface area contributed by atoms with Gasteiger partial charge in [0.05, 0.1) is 11.1 Å². The molecule has 24 heavy (non-hydrogen) atoms. The van der Waals surface area contributed by atoms with E-state index in [4.69, 9.17) is 4.74 Å². The lowest BCUT2D eigenvalue weighted by Gasteiger charge is -2.12. The molecule has 0 radical (unpaired) electrons. The Hall–Kier alpha value is -2.30. The molecule has 0 amide bonds. The van der Waals surface area contributed by atoms with Gasteiger partial charge in [0, 0.05) is 11.9 Å². The van der Waals surface area contributed by atoms with Crippen LogP contribution in [0.3, 0.4) is 0 Å². The van der Waals surface area contributed by atoms with Crippen molar-refractivity contribution in [1.29, 1.82) is 0 Å². The fourth-order valence-corrected chi connectivity index (χ4v) is 3.00. The monoisotopic (exact) mass is 337 g/mol. The standard InChI is InChI=1S/C20H19NO2S/c22-18(15-24-20-8-4-5-13-21-20)14-23-19-11-9-17(10-12-19)16-6-2-1-3-7-16/h1-13,18,22H,14-15H2. The molecule has 1 N–H and O–H groups in total. The average molecular weight is 337 g/mol. The highest BCUT2D eigenvalue weighted by atomic mass is 32.2. The minimum Gasteiger partial charge on any atom is -0.491 e. The number of thioether (sulfide) groups is 1. The number of aliphatic hydroxyl groups is 1. The molecule has 3 aromatic rings. The number of aliphatic hydroxyl groups excluding tert-OH is 1. The maximum atomic E-state index is 10.0. The molecule has 0 fully saturated rings. The van der Waals surface area contributed by atoms with Crippen LogP contribution in [0.15, 0.2) is 84.0 Å². The van der Waals surface area contributed by atoms with Crippen LogP contribution >= 0.6 is 11.8 Å². The van der Waals surface area contributed by atoms with Crippen molar-refractivity contribution >= 4 is 11.8 Å². The lowest BCUT2D eigenvalue weighted by Crippen LogP contribution is -2.20. The van der Waals surface area contributed by atoms with E-state index in [1.165, 1.54) is 17.3 Å². The summed E-state index contributed by atoms with van der Waals surface area (Å²) in [7, 11) is 0. The van der Waals surface area contributed by atoms with Gasteiger partial charge in [-0.1, -0.05) is 48.5 Å². The molecule has 3 rings (SSSR count). The number of ether oxygens (including phenoxy) is 1. The number of aromatic nitrogens is 1. The van der Waals surface area contributed by atoms with E-state index in [9.17, 15) is 5.11 Å². The Bertz CT molecular complexity index is 733. The summed E-state index contributed by atoms with van der Waals surface area (Å²) in [6.45, 7) is 0.268. The number of benzene rings is 2. The quantitative estimate of drug-likeness (QED) is 0.654. The third-order valence-electron chi connectivity index (χ3n) is 3.47. The third-order valence-corrected chi connectivity index (χ3v) is 4.55. The maximum absolute atomic E-state index is 10.0. The lowest BCUT2D eigenvalue weighted by atomic mass is 10.1. The molecule has 0 aliphatic carbocycles. The SMILES string of the molecule is OC(COc1ccc(-c2ccccc2)cc1)CSc1ccccn1. The topological polar surface area (TPSA) is 42.4 Å². The van der Waals surface area contributed by atoms with Crippen LogP contribution in [0.1, 0.15) is 0 Å². The Balaban J connectivity index is 1.48. The van der Waals surface area contributed by atoms with Crippen molar-refractivity contribution in [2.24, 2.45) is 0 Å². The Labute approximate surface area is 146 Å². The number of nitrogens with zero attached hydrogens (tertiary/aromatic N) is 1. The van der Waals surface area contributed by atoms with Gasteiger partial charge < -0.3 is 9.84 Å². The Morgan fingerprint density at radius 2 is 1.58 bits per heavy atom. The molecule has 1 atom stereocenters. The molecule has 0 saturated carbocycles. The van der Waals surface area contributed by atoms with E-state index in [2.05, 4.69) is 17.1 Å². The molecule has 122 valence electrons. The van der Waals surface area contributed by atoms with Gasteiger partial charge in [0.2, 0.25) is 0 Å². The normalized spacial score (nSPS) is 11.9. The molecule has 2 aromatic carbocycles. The zero-order valence-electron chi connectivity index (χ0n) is 13.2. The van der Waals surface area contributed by atoms with Gasteiger partial charge in [-0.25, -0.2) is 4.98 Å². The number of hydrogen-bond acceptors (Lipinski definition) is 4.